The molecule has 9 heteroatoms. The number of thiazole rings is 1. The summed E-state index contributed by atoms with van der Waals surface area (Å²) in [7, 11) is -3.73. The highest BCUT2D eigenvalue weighted by atomic mass is 35.5. The first-order valence-electron chi connectivity index (χ1n) is 5.20. The number of aromatic nitrogens is 2. The molecule has 0 amide bonds. The SMILES string of the molecule is CC(O)CCNS(=O)(=O)c1c(Cl)nc2sccn12. The normalized spacial score (nSPS) is 14.2. The van der Waals surface area contributed by atoms with Crippen molar-refractivity contribution in [3.8, 4) is 0 Å². The molecule has 100 valence electrons. The first-order valence-corrected chi connectivity index (χ1v) is 7.94. The summed E-state index contributed by atoms with van der Waals surface area (Å²) in [5.41, 5.74) is 0. The van der Waals surface area contributed by atoms with E-state index >= 15 is 0 Å². The fraction of sp³-hybridized carbons (Fsp3) is 0.444. The maximum atomic E-state index is 12.1. The van der Waals surface area contributed by atoms with Gasteiger partial charge in [0.25, 0.3) is 10.0 Å². The van der Waals surface area contributed by atoms with Crippen LogP contribution in [0.4, 0.5) is 0 Å². The fourth-order valence-electron chi connectivity index (χ4n) is 1.45. The third-order valence-electron chi connectivity index (χ3n) is 2.29. The van der Waals surface area contributed by atoms with E-state index in [4.69, 9.17) is 16.7 Å². The maximum absolute atomic E-state index is 12.1. The van der Waals surface area contributed by atoms with E-state index in [0.29, 0.717) is 11.4 Å². The second-order valence-electron chi connectivity index (χ2n) is 3.80. The molecule has 0 aromatic carbocycles. The molecule has 0 spiro atoms. The van der Waals surface area contributed by atoms with Gasteiger partial charge in [0.1, 0.15) is 0 Å². The zero-order valence-electron chi connectivity index (χ0n) is 9.50. The number of aliphatic hydroxyl groups excluding tert-OH is 1. The van der Waals surface area contributed by atoms with Crippen LogP contribution in [-0.4, -0.2) is 35.6 Å². The van der Waals surface area contributed by atoms with Crippen molar-refractivity contribution in [1.82, 2.24) is 14.1 Å². The molecule has 0 saturated heterocycles. The minimum Gasteiger partial charge on any atom is -0.393 e. The third-order valence-corrected chi connectivity index (χ3v) is 4.90. The Morgan fingerprint density at radius 3 is 3.06 bits per heavy atom. The Hall–Kier alpha value is -0.670. The molecule has 2 heterocycles. The number of fused-ring (bicyclic) bond motifs is 1. The number of imidazole rings is 1. The molecule has 6 nitrogen and oxygen atoms in total. The van der Waals surface area contributed by atoms with Gasteiger partial charge < -0.3 is 5.11 Å². The molecule has 0 radical (unpaired) electrons. The predicted molar refractivity (Wildman–Crippen MR) is 69.6 cm³/mol. The van der Waals surface area contributed by atoms with Crippen LogP contribution in [0.2, 0.25) is 5.15 Å². The largest absolute Gasteiger partial charge is 0.393 e. The molecular weight excluding hydrogens is 298 g/mol. The Morgan fingerprint density at radius 2 is 2.39 bits per heavy atom. The molecular formula is C9H12ClN3O3S2. The number of rotatable bonds is 5. The fourth-order valence-corrected chi connectivity index (χ4v) is 3.94. The van der Waals surface area contributed by atoms with Gasteiger partial charge in [-0.1, -0.05) is 11.6 Å². The lowest BCUT2D eigenvalue weighted by molar-refractivity contribution is 0.186. The standard InChI is InChI=1S/C9H12ClN3O3S2/c1-6(14)2-3-11-18(15,16)8-7(10)12-9-13(8)4-5-17-9/h4-6,11,14H,2-3H2,1H3. The van der Waals surface area contributed by atoms with Crippen molar-refractivity contribution in [2.24, 2.45) is 0 Å². The summed E-state index contributed by atoms with van der Waals surface area (Å²) in [6.45, 7) is 1.74. The molecule has 18 heavy (non-hydrogen) atoms. The third kappa shape index (κ3) is 2.67. The Labute approximate surface area is 113 Å². The van der Waals surface area contributed by atoms with Crippen molar-refractivity contribution in [1.29, 1.82) is 0 Å². The number of hydrogen-bond donors (Lipinski definition) is 2. The van der Waals surface area contributed by atoms with Gasteiger partial charge in [-0.2, -0.15) is 0 Å². The molecule has 2 aromatic heterocycles. The molecule has 0 fully saturated rings. The van der Waals surface area contributed by atoms with E-state index in [2.05, 4.69) is 9.71 Å². The lowest BCUT2D eigenvalue weighted by Crippen LogP contribution is -2.27. The minimum atomic E-state index is -3.73. The van der Waals surface area contributed by atoms with Crippen LogP contribution >= 0.6 is 22.9 Å². The monoisotopic (exact) mass is 309 g/mol. The van der Waals surface area contributed by atoms with Crippen molar-refractivity contribution >= 4 is 37.9 Å². The minimum absolute atomic E-state index is 0.0496. The summed E-state index contributed by atoms with van der Waals surface area (Å²) >= 11 is 7.14. The quantitative estimate of drug-likeness (QED) is 0.866. The zero-order chi connectivity index (χ0) is 13.3. The van der Waals surface area contributed by atoms with E-state index in [1.165, 1.54) is 15.7 Å². The average molecular weight is 310 g/mol. The van der Waals surface area contributed by atoms with Crippen molar-refractivity contribution in [2.45, 2.75) is 24.5 Å². The van der Waals surface area contributed by atoms with Crippen molar-refractivity contribution < 1.29 is 13.5 Å². The first kappa shape index (κ1) is 13.8. The van der Waals surface area contributed by atoms with E-state index < -0.39 is 16.1 Å². The second-order valence-corrected chi connectivity index (χ2v) is 6.71. The Kier molecular flexibility index (Phi) is 3.93. The number of aliphatic hydroxyl groups is 1. The molecule has 2 N–H and O–H groups in total. The average Bonchev–Trinajstić information content (AvgIpc) is 2.74. The summed E-state index contributed by atoms with van der Waals surface area (Å²) in [4.78, 5) is 4.48. The number of sulfonamides is 1. The lowest BCUT2D eigenvalue weighted by Gasteiger charge is -2.07. The van der Waals surface area contributed by atoms with Crippen molar-refractivity contribution in [2.75, 3.05) is 6.54 Å². The van der Waals surface area contributed by atoms with E-state index in [1.54, 1.807) is 18.5 Å². The molecule has 0 saturated carbocycles. The van der Waals surface area contributed by atoms with E-state index in [1.807, 2.05) is 0 Å². The molecule has 2 aromatic rings. The van der Waals surface area contributed by atoms with Gasteiger partial charge in [-0.3, -0.25) is 4.40 Å². The van der Waals surface area contributed by atoms with Crippen LogP contribution in [0.25, 0.3) is 4.96 Å². The highest BCUT2D eigenvalue weighted by Crippen LogP contribution is 2.25. The second kappa shape index (κ2) is 5.14. The molecule has 0 aliphatic rings. The summed E-state index contributed by atoms with van der Waals surface area (Å²) in [5.74, 6) is 0. The van der Waals surface area contributed by atoms with E-state index in [-0.39, 0.29) is 16.7 Å². The molecule has 0 aliphatic carbocycles. The van der Waals surface area contributed by atoms with Gasteiger partial charge in [-0.25, -0.2) is 18.1 Å². The topological polar surface area (TPSA) is 83.7 Å². The summed E-state index contributed by atoms with van der Waals surface area (Å²) in [6, 6.07) is 0. The summed E-state index contributed by atoms with van der Waals surface area (Å²) < 4.78 is 28.0. The van der Waals surface area contributed by atoms with E-state index in [0.717, 1.165) is 0 Å². The highest BCUT2D eigenvalue weighted by molar-refractivity contribution is 7.89. The van der Waals surface area contributed by atoms with Crippen LogP contribution in [0.5, 0.6) is 0 Å². The van der Waals surface area contributed by atoms with Crippen LogP contribution in [0, 0.1) is 0 Å². The molecule has 1 unspecified atom stereocenters. The van der Waals surface area contributed by atoms with Gasteiger partial charge in [0, 0.05) is 18.1 Å². The van der Waals surface area contributed by atoms with Gasteiger partial charge in [0.05, 0.1) is 6.10 Å². The van der Waals surface area contributed by atoms with Crippen LogP contribution in [-0.2, 0) is 10.0 Å². The lowest BCUT2D eigenvalue weighted by atomic mass is 10.3. The number of hydrogen-bond acceptors (Lipinski definition) is 5. The van der Waals surface area contributed by atoms with Gasteiger partial charge in [0.15, 0.2) is 15.1 Å². The van der Waals surface area contributed by atoms with Crippen molar-refractivity contribution in [3.05, 3.63) is 16.7 Å². The first-order chi connectivity index (χ1) is 8.42. The van der Waals surface area contributed by atoms with Gasteiger partial charge >= 0.3 is 0 Å². The van der Waals surface area contributed by atoms with E-state index in [9.17, 15) is 8.42 Å². The maximum Gasteiger partial charge on any atom is 0.259 e. The summed E-state index contributed by atoms with van der Waals surface area (Å²) in [6.07, 6.45) is 1.37. The Morgan fingerprint density at radius 1 is 1.67 bits per heavy atom. The Bertz CT molecular complexity index is 647. The van der Waals surface area contributed by atoms with Gasteiger partial charge in [-0.05, 0) is 13.3 Å². The zero-order valence-corrected chi connectivity index (χ0v) is 11.9. The number of nitrogens with one attached hydrogen (secondary N) is 1. The van der Waals surface area contributed by atoms with Crippen LogP contribution in [0.3, 0.4) is 0 Å². The van der Waals surface area contributed by atoms with Crippen molar-refractivity contribution in [3.63, 3.8) is 0 Å². The van der Waals surface area contributed by atoms with Crippen LogP contribution < -0.4 is 4.72 Å². The molecule has 0 aliphatic heterocycles. The van der Waals surface area contributed by atoms with Gasteiger partial charge in [-0.15, -0.1) is 11.3 Å². The Balaban J connectivity index is 2.29. The van der Waals surface area contributed by atoms with Gasteiger partial charge in [0.2, 0.25) is 0 Å². The number of nitrogens with zero attached hydrogens (tertiary/aromatic N) is 2. The summed E-state index contributed by atoms with van der Waals surface area (Å²) in [5, 5.41) is 10.7. The van der Waals surface area contributed by atoms with Crippen LogP contribution in [0.15, 0.2) is 16.6 Å². The molecule has 1 atom stereocenters. The molecule has 2 rings (SSSR count). The highest BCUT2D eigenvalue weighted by Gasteiger charge is 2.24. The predicted octanol–water partition coefficient (Wildman–Crippen LogP) is 1.10. The smallest absolute Gasteiger partial charge is 0.259 e. The van der Waals surface area contributed by atoms with Crippen LogP contribution in [0.1, 0.15) is 13.3 Å². The molecule has 0 bridgehead atoms. The number of halogens is 1.